The zero-order chi connectivity index (χ0) is 22.2. The van der Waals surface area contributed by atoms with Crippen LogP contribution in [0.5, 0.6) is 0 Å². The van der Waals surface area contributed by atoms with E-state index in [0.717, 1.165) is 24.5 Å². The normalized spacial score (nSPS) is 15.1. The molecule has 5 rings (SSSR count). The molecule has 8 nitrogen and oxygen atoms in total. The van der Waals surface area contributed by atoms with Crippen molar-refractivity contribution in [3.8, 4) is 17.2 Å². The van der Waals surface area contributed by atoms with Gasteiger partial charge in [0, 0.05) is 44.6 Å². The van der Waals surface area contributed by atoms with Gasteiger partial charge >= 0.3 is 0 Å². The minimum absolute atomic E-state index is 0.0495. The van der Waals surface area contributed by atoms with Crippen molar-refractivity contribution in [1.29, 1.82) is 0 Å². The summed E-state index contributed by atoms with van der Waals surface area (Å²) in [6, 6.07) is 10.6. The molecule has 0 saturated carbocycles. The Balaban J connectivity index is 1.53. The van der Waals surface area contributed by atoms with E-state index in [2.05, 4.69) is 47.9 Å². The Bertz CT molecular complexity index is 1250. The van der Waals surface area contributed by atoms with E-state index in [1.165, 1.54) is 5.56 Å². The number of rotatable bonds is 4. The molecule has 1 aliphatic rings. The van der Waals surface area contributed by atoms with Crippen LogP contribution in [-0.4, -0.2) is 72.1 Å². The summed E-state index contributed by atoms with van der Waals surface area (Å²) in [5.41, 5.74) is 4.08. The highest BCUT2D eigenvalue weighted by molar-refractivity contribution is 6.00. The third-order valence-corrected chi connectivity index (χ3v) is 6.13. The molecule has 0 radical (unpaired) electrons. The number of benzene rings is 1. The quantitative estimate of drug-likeness (QED) is 0.499. The van der Waals surface area contributed by atoms with E-state index in [0.29, 0.717) is 36.2 Å². The van der Waals surface area contributed by atoms with Gasteiger partial charge in [0.15, 0.2) is 11.5 Å². The Morgan fingerprint density at radius 2 is 1.75 bits per heavy atom. The average Bonchev–Trinajstić information content (AvgIpc) is 3.44. The van der Waals surface area contributed by atoms with Gasteiger partial charge < -0.3 is 4.90 Å². The molecular formula is C24H27N7O. The maximum absolute atomic E-state index is 13.4. The van der Waals surface area contributed by atoms with Crippen LogP contribution in [0.15, 0.2) is 55.1 Å². The van der Waals surface area contributed by atoms with Crippen LogP contribution < -0.4 is 0 Å². The van der Waals surface area contributed by atoms with E-state index in [-0.39, 0.29) is 5.91 Å². The van der Waals surface area contributed by atoms with Crippen molar-refractivity contribution < 1.29 is 4.79 Å². The molecule has 8 heteroatoms. The van der Waals surface area contributed by atoms with Crippen molar-refractivity contribution in [3.63, 3.8) is 0 Å². The number of hydrogen-bond donors (Lipinski definition) is 0. The highest BCUT2D eigenvalue weighted by atomic mass is 16.2. The first-order valence-electron chi connectivity index (χ1n) is 11.0. The number of amides is 1. The number of piperazine rings is 1. The summed E-state index contributed by atoms with van der Waals surface area (Å²) < 4.78 is 3.77. The van der Waals surface area contributed by atoms with Crippen molar-refractivity contribution in [2.24, 2.45) is 0 Å². The first-order chi connectivity index (χ1) is 15.5. The fourth-order valence-electron chi connectivity index (χ4n) is 4.23. The number of nitrogens with zero attached hydrogens (tertiary/aromatic N) is 7. The molecular weight excluding hydrogens is 402 g/mol. The summed E-state index contributed by atoms with van der Waals surface area (Å²) in [7, 11) is 0. The average molecular weight is 430 g/mol. The first kappa shape index (κ1) is 20.4. The van der Waals surface area contributed by atoms with E-state index in [9.17, 15) is 4.79 Å². The number of carbonyl (C=O) groups excluding carboxylic acids is 1. The Hall–Kier alpha value is -3.52. The fraction of sp³-hybridized carbons (Fsp3) is 0.333. The summed E-state index contributed by atoms with van der Waals surface area (Å²) >= 11 is 0. The summed E-state index contributed by atoms with van der Waals surface area (Å²) in [4.78, 5) is 26.8. The lowest BCUT2D eigenvalue weighted by Gasteiger charge is -2.36. The monoisotopic (exact) mass is 429 g/mol. The van der Waals surface area contributed by atoms with Gasteiger partial charge in [-0.25, -0.2) is 9.67 Å². The van der Waals surface area contributed by atoms with Gasteiger partial charge in [-0.1, -0.05) is 17.7 Å². The van der Waals surface area contributed by atoms with Gasteiger partial charge in [0.05, 0.1) is 23.6 Å². The molecule has 1 saturated heterocycles. The lowest BCUT2D eigenvalue weighted by molar-refractivity contribution is 0.0592. The lowest BCUT2D eigenvalue weighted by atomic mass is 10.2. The highest BCUT2D eigenvalue weighted by Crippen LogP contribution is 2.26. The minimum atomic E-state index is -0.0495. The van der Waals surface area contributed by atoms with E-state index >= 15 is 0 Å². The van der Waals surface area contributed by atoms with Crippen LogP contribution in [-0.2, 0) is 0 Å². The Morgan fingerprint density at radius 1 is 1.00 bits per heavy atom. The molecule has 4 heterocycles. The van der Waals surface area contributed by atoms with Gasteiger partial charge in [-0.3, -0.25) is 19.1 Å². The molecule has 0 atom stereocenters. The number of aromatic nitrogens is 5. The first-order valence-corrected chi connectivity index (χ1v) is 11.0. The van der Waals surface area contributed by atoms with Crippen LogP contribution in [0.3, 0.4) is 0 Å². The topological polar surface area (TPSA) is 71.6 Å². The van der Waals surface area contributed by atoms with Crippen LogP contribution in [0.4, 0.5) is 0 Å². The lowest BCUT2D eigenvalue weighted by Crippen LogP contribution is -2.50. The third kappa shape index (κ3) is 3.56. The van der Waals surface area contributed by atoms with Gasteiger partial charge in [-0.05, 0) is 39.0 Å². The van der Waals surface area contributed by atoms with Crippen LogP contribution in [0.25, 0.3) is 22.7 Å². The Labute approximate surface area is 187 Å². The van der Waals surface area contributed by atoms with Crippen molar-refractivity contribution in [3.05, 3.63) is 66.4 Å². The molecule has 4 aromatic rings. The molecule has 0 bridgehead atoms. The molecule has 0 N–H and O–H groups in total. The SMILES string of the molecule is Cc1ccc(-n2nccc2-c2nc(C(=O)N3CCN(C(C)C)CC3)c3cnccn23)cc1. The Kier molecular flexibility index (Phi) is 5.22. The summed E-state index contributed by atoms with van der Waals surface area (Å²) in [5.74, 6) is 0.621. The van der Waals surface area contributed by atoms with Crippen molar-refractivity contribution in [1.82, 2.24) is 33.9 Å². The van der Waals surface area contributed by atoms with Crippen LogP contribution in [0.1, 0.15) is 29.9 Å². The molecule has 3 aromatic heterocycles. The van der Waals surface area contributed by atoms with Gasteiger partial charge in [0.25, 0.3) is 5.91 Å². The molecule has 1 aliphatic heterocycles. The molecule has 164 valence electrons. The molecule has 0 aliphatic carbocycles. The van der Waals surface area contributed by atoms with Crippen LogP contribution >= 0.6 is 0 Å². The minimum Gasteiger partial charge on any atom is -0.335 e. The predicted molar refractivity (Wildman–Crippen MR) is 123 cm³/mol. The zero-order valence-electron chi connectivity index (χ0n) is 18.6. The summed E-state index contributed by atoms with van der Waals surface area (Å²) in [5, 5.41) is 4.51. The smallest absolute Gasteiger partial charge is 0.274 e. The van der Waals surface area contributed by atoms with Crippen molar-refractivity contribution in [2.45, 2.75) is 26.8 Å². The van der Waals surface area contributed by atoms with Crippen LogP contribution in [0.2, 0.25) is 0 Å². The van der Waals surface area contributed by atoms with E-state index in [1.807, 2.05) is 38.4 Å². The van der Waals surface area contributed by atoms with Crippen LogP contribution in [0, 0.1) is 6.92 Å². The standard InChI is InChI=1S/C24H27N7O/c1-17(2)28-12-14-29(15-13-28)24(32)22-21-16-25-10-11-30(21)23(27-22)20-8-9-26-31(20)19-6-4-18(3)5-7-19/h4-11,16-17H,12-15H2,1-3H3. The zero-order valence-corrected chi connectivity index (χ0v) is 18.6. The third-order valence-electron chi connectivity index (χ3n) is 6.13. The number of carbonyl (C=O) groups is 1. The molecule has 1 fully saturated rings. The second kappa shape index (κ2) is 8.20. The van der Waals surface area contributed by atoms with E-state index in [4.69, 9.17) is 4.98 Å². The highest BCUT2D eigenvalue weighted by Gasteiger charge is 2.28. The second-order valence-electron chi connectivity index (χ2n) is 8.50. The van der Waals surface area contributed by atoms with Crippen molar-refractivity contribution in [2.75, 3.05) is 26.2 Å². The number of aryl methyl sites for hydroxylation is 1. The predicted octanol–water partition coefficient (Wildman–Crippen LogP) is 3.06. The number of imidazole rings is 1. The largest absolute Gasteiger partial charge is 0.335 e. The summed E-state index contributed by atoms with van der Waals surface area (Å²) in [6.45, 7) is 9.59. The fourth-order valence-corrected chi connectivity index (χ4v) is 4.23. The van der Waals surface area contributed by atoms with E-state index in [1.54, 1.807) is 18.6 Å². The van der Waals surface area contributed by atoms with Gasteiger partial charge in [0.1, 0.15) is 5.69 Å². The molecule has 1 amide bonds. The maximum Gasteiger partial charge on any atom is 0.274 e. The number of hydrogen-bond acceptors (Lipinski definition) is 5. The molecule has 0 unspecified atom stereocenters. The molecule has 1 aromatic carbocycles. The van der Waals surface area contributed by atoms with Gasteiger partial charge in [-0.2, -0.15) is 5.10 Å². The second-order valence-corrected chi connectivity index (χ2v) is 8.50. The molecule has 0 spiro atoms. The van der Waals surface area contributed by atoms with Gasteiger partial charge in [-0.15, -0.1) is 0 Å². The summed E-state index contributed by atoms with van der Waals surface area (Å²) in [6.07, 6.45) is 7.02. The van der Waals surface area contributed by atoms with Crippen molar-refractivity contribution >= 4 is 11.4 Å². The molecule has 32 heavy (non-hydrogen) atoms. The number of fused-ring (bicyclic) bond motifs is 1. The Morgan fingerprint density at radius 3 is 2.47 bits per heavy atom. The van der Waals surface area contributed by atoms with Gasteiger partial charge in [0.2, 0.25) is 0 Å². The van der Waals surface area contributed by atoms with E-state index < -0.39 is 0 Å². The maximum atomic E-state index is 13.4.